The fraction of sp³-hybridized carbons (Fsp3) is 0.929. The first-order valence-electron chi connectivity index (χ1n) is 7.41. The Morgan fingerprint density at radius 3 is 3.00 bits per heavy atom. The number of nitrogens with zero attached hydrogens (tertiary/aromatic N) is 1. The van der Waals surface area contributed by atoms with Crippen LogP contribution in [0, 0.1) is 5.92 Å². The second-order valence-electron chi connectivity index (χ2n) is 5.49. The van der Waals surface area contributed by atoms with Crippen molar-refractivity contribution >= 4 is 5.91 Å². The highest BCUT2D eigenvalue weighted by atomic mass is 16.5. The predicted molar refractivity (Wildman–Crippen MR) is 71.4 cm³/mol. The van der Waals surface area contributed by atoms with Crippen LogP contribution in [0.1, 0.15) is 39.0 Å². The van der Waals surface area contributed by atoms with E-state index in [-0.39, 0.29) is 11.9 Å². The SMILES string of the molecule is CCCC1CCCN(C(=O)C2COCCN2)CC1. The molecule has 0 radical (unpaired) electrons. The lowest BCUT2D eigenvalue weighted by Crippen LogP contribution is -2.52. The topological polar surface area (TPSA) is 41.6 Å². The molecule has 2 fully saturated rings. The first-order chi connectivity index (χ1) is 8.81. The van der Waals surface area contributed by atoms with Crippen LogP contribution in [0.4, 0.5) is 0 Å². The number of likely N-dealkylation sites (tertiary alicyclic amines) is 1. The number of hydrogen-bond donors (Lipinski definition) is 1. The van der Waals surface area contributed by atoms with E-state index in [1.165, 1.54) is 25.7 Å². The largest absolute Gasteiger partial charge is 0.378 e. The minimum absolute atomic E-state index is 0.110. The number of carbonyl (C=O) groups excluding carboxylic acids is 1. The number of carbonyl (C=O) groups is 1. The van der Waals surface area contributed by atoms with Crippen molar-refractivity contribution in [2.45, 2.75) is 45.1 Å². The summed E-state index contributed by atoms with van der Waals surface area (Å²) in [5.41, 5.74) is 0. The molecule has 0 bridgehead atoms. The first kappa shape index (κ1) is 13.8. The van der Waals surface area contributed by atoms with Gasteiger partial charge in [-0.25, -0.2) is 0 Å². The summed E-state index contributed by atoms with van der Waals surface area (Å²) in [7, 11) is 0. The van der Waals surface area contributed by atoms with E-state index >= 15 is 0 Å². The van der Waals surface area contributed by atoms with Gasteiger partial charge >= 0.3 is 0 Å². The van der Waals surface area contributed by atoms with Gasteiger partial charge in [-0.05, 0) is 25.2 Å². The maximum atomic E-state index is 12.4. The Bertz CT molecular complexity index is 265. The van der Waals surface area contributed by atoms with Crippen molar-refractivity contribution in [3.8, 4) is 0 Å². The van der Waals surface area contributed by atoms with Crippen LogP contribution in [-0.4, -0.2) is 49.7 Å². The van der Waals surface area contributed by atoms with Crippen molar-refractivity contribution in [3.05, 3.63) is 0 Å². The molecule has 0 saturated carbocycles. The average Bonchev–Trinajstić information content (AvgIpc) is 2.65. The lowest BCUT2D eigenvalue weighted by Gasteiger charge is -2.29. The molecular weight excluding hydrogens is 228 g/mol. The molecule has 0 aromatic carbocycles. The number of hydrogen-bond acceptors (Lipinski definition) is 3. The molecule has 2 rings (SSSR count). The van der Waals surface area contributed by atoms with Crippen LogP contribution in [0.2, 0.25) is 0 Å². The molecule has 4 nitrogen and oxygen atoms in total. The van der Waals surface area contributed by atoms with Crippen molar-refractivity contribution in [1.29, 1.82) is 0 Å². The van der Waals surface area contributed by atoms with Crippen LogP contribution in [0.5, 0.6) is 0 Å². The van der Waals surface area contributed by atoms with Crippen LogP contribution in [0.25, 0.3) is 0 Å². The van der Waals surface area contributed by atoms with Crippen molar-refractivity contribution < 1.29 is 9.53 Å². The van der Waals surface area contributed by atoms with Crippen molar-refractivity contribution in [2.75, 3.05) is 32.8 Å². The molecule has 2 atom stereocenters. The van der Waals surface area contributed by atoms with Gasteiger partial charge in [0.2, 0.25) is 5.91 Å². The highest BCUT2D eigenvalue weighted by Gasteiger charge is 2.27. The second kappa shape index (κ2) is 7.10. The second-order valence-corrected chi connectivity index (χ2v) is 5.49. The Hall–Kier alpha value is -0.610. The molecule has 0 aliphatic carbocycles. The summed E-state index contributed by atoms with van der Waals surface area (Å²) < 4.78 is 5.37. The Morgan fingerprint density at radius 1 is 1.39 bits per heavy atom. The third-order valence-corrected chi connectivity index (χ3v) is 4.08. The van der Waals surface area contributed by atoms with Gasteiger partial charge in [-0.1, -0.05) is 19.8 Å². The molecule has 2 unspecified atom stereocenters. The lowest BCUT2D eigenvalue weighted by atomic mass is 9.96. The van der Waals surface area contributed by atoms with Crippen molar-refractivity contribution in [2.24, 2.45) is 5.92 Å². The van der Waals surface area contributed by atoms with Gasteiger partial charge in [0.1, 0.15) is 6.04 Å². The fourth-order valence-corrected chi connectivity index (χ4v) is 3.03. The van der Waals surface area contributed by atoms with E-state index < -0.39 is 0 Å². The summed E-state index contributed by atoms with van der Waals surface area (Å²) in [6, 6.07) is -0.110. The van der Waals surface area contributed by atoms with Crippen molar-refractivity contribution in [3.63, 3.8) is 0 Å². The molecule has 0 aromatic heterocycles. The molecule has 104 valence electrons. The van der Waals surface area contributed by atoms with E-state index in [0.717, 1.165) is 38.6 Å². The number of nitrogens with one attached hydrogen (secondary N) is 1. The average molecular weight is 254 g/mol. The molecule has 1 amide bonds. The van der Waals surface area contributed by atoms with Gasteiger partial charge in [0.15, 0.2) is 0 Å². The molecule has 2 aliphatic heterocycles. The standard InChI is InChI=1S/C14H26N2O2/c1-2-4-12-5-3-8-16(9-6-12)14(17)13-11-18-10-7-15-13/h12-13,15H,2-11H2,1H3. The Morgan fingerprint density at radius 2 is 2.28 bits per heavy atom. The number of morpholine rings is 1. The Balaban J connectivity index is 1.82. The minimum Gasteiger partial charge on any atom is -0.378 e. The summed E-state index contributed by atoms with van der Waals surface area (Å²) in [6.45, 7) is 6.16. The predicted octanol–water partition coefficient (Wildman–Crippen LogP) is 1.40. The molecule has 0 aromatic rings. The quantitative estimate of drug-likeness (QED) is 0.828. The van der Waals surface area contributed by atoms with Crippen LogP contribution in [0.3, 0.4) is 0 Å². The lowest BCUT2D eigenvalue weighted by molar-refractivity contribution is -0.136. The normalized spacial score (nSPS) is 29.9. The van der Waals surface area contributed by atoms with E-state index in [4.69, 9.17) is 4.74 Å². The Labute approximate surface area is 110 Å². The van der Waals surface area contributed by atoms with E-state index in [9.17, 15) is 4.79 Å². The highest BCUT2D eigenvalue weighted by Crippen LogP contribution is 2.22. The van der Waals surface area contributed by atoms with Gasteiger partial charge in [0.05, 0.1) is 13.2 Å². The van der Waals surface area contributed by atoms with Crippen LogP contribution < -0.4 is 5.32 Å². The van der Waals surface area contributed by atoms with E-state index in [0.29, 0.717) is 6.61 Å². The summed E-state index contributed by atoms with van der Waals surface area (Å²) in [4.78, 5) is 14.4. The Kier molecular flexibility index (Phi) is 5.45. The maximum Gasteiger partial charge on any atom is 0.242 e. The van der Waals surface area contributed by atoms with Gasteiger partial charge in [-0.15, -0.1) is 0 Å². The molecule has 4 heteroatoms. The monoisotopic (exact) mass is 254 g/mol. The van der Waals surface area contributed by atoms with E-state index in [2.05, 4.69) is 12.2 Å². The third kappa shape index (κ3) is 3.69. The van der Waals surface area contributed by atoms with Gasteiger partial charge in [-0.2, -0.15) is 0 Å². The molecular formula is C14H26N2O2. The number of ether oxygens (including phenoxy) is 1. The van der Waals surface area contributed by atoms with Gasteiger partial charge < -0.3 is 15.0 Å². The zero-order valence-corrected chi connectivity index (χ0v) is 11.5. The van der Waals surface area contributed by atoms with E-state index in [1.807, 2.05) is 4.90 Å². The number of amides is 1. The zero-order valence-electron chi connectivity index (χ0n) is 11.5. The first-order valence-corrected chi connectivity index (χ1v) is 7.41. The van der Waals surface area contributed by atoms with Crippen LogP contribution in [0.15, 0.2) is 0 Å². The molecule has 2 saturated heterocycles. The minimum atomic E-state index is -0.110. The summed E-state index contributed by atoms with van der Waals surface area (Å²) in [5.74, 6) is 1.07. The van der Waals surface area contributed by atoms with E-state index in [1.54, 1.807) is 0 Å². The smallest absolute Gasteiger partial charge is 0.242 e. The molecule has 18 heavy (non-hydrogen) atoms. The third-order valence-electron chi connectivity index (χ3n) is 4.08. The summed E-state index contributed by atoms with van der Waals surface area (Å²) >= 11 is 0. The molecule has 1 N–H and O–H groups in total. The number of rotatable bonds is 3. The maximum absolute atomic E-state index is 12.4. The van der Waals surface area contributed by atoms with Gasteiger partial charge in [0, 0.05) is 19.6 Å². The fourth-order valence-electron chi connectivity index (χ4n) is 3.03. The van der Waals surface area contributed by atoms with Crippen LogP contribution >= 0.6 is 0 Å². The molecule has 2 heterocycles. The van der Waals surface area contributed by atoms with Gasteiger partial charge in [-0.3, -0.25) is 4.79 Å². The van der Waals surface area contributed by atoms with Crippen molar-refractivity contribution in [1.82, 2.24) is 10.2 Å². The van der Waals surface area contributed by atoms with Gasteiger partial charge in [0.25, 0.3) is 0 Å². The zero-order chi connectivity index (χ0) is 12.8. The summed E-state index contributed by atoms with van der Waals surface area (Å²) in [5, 5.41) is 3.26. The molecule has 2 aliphatic rings. The summed E-state index contributed by atoms with van der Waals surface area (Å²) in [6.07, 6.45) is 6.19. The molecule has 0 spiro atoms. The highest BCUT2D eigenvalue weighted by molar-refractivity contribution is 5.82. The van der Waals surface area contributed by atoms with Crippen LogP contribution in [-0.2, 0) is 9.53 Å².